The molecular weight excluding hydrogens is 983 g/mol. The van der Waals surface area contributed by atoms with Crippen LogP contribution in [-0.4, -0.2) is 47.4 Å². The number of esters is 1. The third kappa shape index (κ3) is 65.2. The van der Waals surface area contributed by atoms with Gasteiger partial charge in [-0.1, -0.05) is 365 Å². The first kappa shape index (κ1) is 78.1. The number of hydrogen-bond donors (Lipinski definition) is 3. The SMILES string of the molecule is CCCC/C=C\C/C=C\CCCCCCCC(=O)OCCCCCCCCCCCCCCCCCCCCCCCCCCCC(=O)NC(CO)C(O)/C=C/CCCCCCCCCCCCCCCCCCCCCCCC. The van der Waals surface area contributed by atoms with Gasteiger partial charge in [0.2, 0.25) is 5.91 Å². The van der Waals surface area contributed by atoms with Gasteiger partial charge in [0.05, 0.1) is 25.4 Å². The van der Waals surface area contributed by atoms with Crippen molar-refractivity contribution in [2.75, 3.05) is 13.2 Å². The number of unbranched alkanes of at least 4 members (excludes halogenated alkanes) is 53. The molecule has 3 N–H and O–H groups in total. The maximum absolute atomic E-state index is 12.5. The molecule has 2 atom stereocenters. The molecule has 0 radical (unpaired) electrons. The van der Waals surface area contributed by atoms with Gasteiger partial charge < -0.3 is 20.3 Å². The van der Waals surface area contributed by atoms with Crippen LogP contribution in [0.2, 0.25) is 0 Å². The van der Waals surface area contributed by atoms with Crippen LogP contribution in [0.5, 0.6) is 0 Å². The number of aliphatic hydroxyl groups is 2. The first-order valence-corrected chi connectivity index (χ1v) is 36.3. The van der Waals surface area contributed by atoms with Crippen molar-refractivity contribution < 1.29 is 24.5 Å². The van der Waals surface area contributed by atoms with Crippen molar-refractivity contribution in [2.45, 2.75) is 411 Å². The van der Waals surface area contributed by atoms with E-state index in [4.69, 9.17) is 4.74 Å². The minimum Gasteiger partial charge on any atom is -0.466 e. The van der Waals surface area contributed by atoms with Gasteiger partial charge in [-0.15, -0.1) is 0 Å². The first-order chi connectivity index (χ1) is 39.5. The Bertz CT molecular complexity index is 1300. The number of carbonyl (C=O) groups is 2. The summed E-state index contributed by atoms with van der Waals surface area (Å²) in [6.45, 7) is 4.90. The number of amides is 1. The minimum absolute atomic E-state index is 0.00187. The highest BCUT2D eigenvalue weighted by Crippen LogP contribution is 2.19. The van der Waals surface area contributed by atoms with Crippen LogP contribution >= 0.6 is 0 Å². The molecule has 6 heteroatoms. The molecule has 0 aliphatic carbocycles. The van der Waals surface area contributed by atoms with Crippen LogP contribution in [0.1, 0.15) is 399 Å². The van der Waals surface area contributed by atoms with E-state index >= 15 is 0 Å². The summed E-state index contributed by atoms with van der Waals surface area (Å²) >= 11 is 0. The number of hydrogen-bond acceptors (Lipinski definition) is 5. The monoisotopic (exact) mass is 1120 g/mol. The van der Waals surface area contributed by atoms with Crippen molar-refractivity contribution in [3.63, 3.8) is 0 Å². The summed E-state index contributed by atoms with van der Waals surface area (Å²) in [5.41, 5.74) is 0. The van der Waals surface area contributed by atoms with Crippen molar-refractivity contribution in [3.8, 4) is 0 Å². The van der Waals surface area contributed by atoms with Gasteiger partial charge in [-0.2, -0.15) is 0 Å². The summed E-state index contributed by atoms with van der Waals surface area (Å²) in [5, 5.41) is 23.3. The summed E-state index contributed by atoms with van der Waals surface area (Å²) in [7, 11) is 0. The van der Waals surface area contributed by atoms with E-state index in [1.165, 1.54) is 321 Å². The molecule has 0 saturated heterocycles. The van der Waals surface area contributed by atoms with E-state index in [1.807, 2.05) is 6.08 Å². The topological polar surface area (TPSA) is 95.9 Å². The third-order valence-electron chi connectivity index (χ3n) is 16.9. The molecule has 0 aromatic heterocycles. The van der Waals surface area contributed by atoms with Gasteiger partial charge in [0, 0.05) is 12.8 Å². The zero-order valence-electron chi connectivity index (χ0n) is 54.1. The normalized spacial score (nSPS) is 12.7. The summed E-state index contributed by atoms with van der Waals surface area (Å²) < 4.78 is 5.48. The van der Waals surface area contributed by atoms with Crippen molar-refractivity contribution in [1.29, 1.82) is 0 Å². The van der Waals surface area contributed by atoms with Gasteiger partial charge in [0.1, 0.15) is 0 Å². The predicted octanol–water partition coefficient (Wildman–Crippen LogP) is 23.5. The molecule has 0 aromatic carbocycles. The Balaban J connectivity index is 3.40. The highest BCUT2D eigenvalue weighted by atomic mass is 16.5. The van der Waals surface area contributed by atoms with E-state index in [2.05, 4.69) is 43.5 Å². The molecule has 0 aliphatic heterocycles. The van der Waals surface area contributed by atoms with Crippen molar-refractivity contribution >= 4 is 11.9 Å². The standard InChI is InChI=1S/C74H141NO5/c1-3-5-7-9-11-13-15-17-19-20-21-22-23-27-30-33-36-39-42-46-50-54-58-62-66-72(77)71(70-76)75-73(78)67-63-59-55-51-47-43-40-37-34-31-28-25-24-26-29-32-35-38-41-45-49-53-57-61-65-69-80-74(79)68-64-60-56-52-48-44-18-16-14-12-10-8-6-4-2/h10,12,16,18,62,66,71-72,76-77H,3-9,11,13-15,17,19-61,63-65,67-70H2,1-2H3,(H,75,78)/b12-10-,18-16-,66-62+. The molecule has 0 spiro atoms. The zero-order chi connectivity index (χ0) is 57.8. The van der Waals surface area contributed by atoms with Gasteiger partial charge in [0.25, 0.3) is 0 Å². The van der Waals surface area contributed by atoms with Crippen LogP contribution in [0, 0.1) is 0 Å². The van der Waals surface area contributed by atoms with Crippen LogP contribution in [0.15, 0.2) is 36.5 Å². The fourth-order valence-electron chi connectivity index (χ4n) is 11.4. The Morgan fingerprint density at radius 3 is 0.988 bits per heavy atom. The quantitative estimate of drug-likeness (QED) is 0.0320. The molecule has 0 saturated carbocycles. The van der Waals surface area contributed by atoms with Crippen LogP contribution in [0.4, 0.5) is 0 Å². The Morgan fingerprint density at radius 2 is 0.637 bits per heavy atom. The molecule has 6 nitrogen and oxygen atoms in total. The maximum atomic E-state index is 12.5. The Kier molecular flexibility index (Phi) is 67.9. The summed E-state index contributed by atoms with van der Waals surface area (Å²) in [5.74, 6) is -0.0602. The third-order valence-corrected chi connectivity index (χ3v) is 16.9. The fraction of sp³-hybridized carbons (Fsp3) is 0.892. The lowest BCUT2D eigenvalue weighted by molar-refractivity contribution is -0.143. The molecule has 0 heterocycles. The number of rotatable bonds is 68. The molecule has 1 amide bonds. The van der Waals surface area contributed by atoms with E-state index in [9.17, 15) is 19.8 Å². The Morgan fingerprint density at radius 1 is 0.350 bits per heavy atom. The molecular formula is C74H141NO5. The highest BCUT2D eigenvalue weighted by Gasteiger charge is 2.18. The van der Waals surface area contributed by atoms with Crippen molar-refractivity contribution in [2.24, 2.45) is 0 Å². The summed E-state index contributed by atoms with van der Waals surface area (Å²) in [4.78, 5) is 24.6. The smallest absolute Gasteiger partial charge is 0.305 e. The van der Waals surface area contributed by atoms with Crippen LogP contribution in [0.25, 0.3) is 0 Å². The average molecular weight is 1120 g/mol. The van der Waals surface area contributed by atoms with E-state index < -0.39 is 12.1 Å². The molecule has 80 heavy (non-hydrogen) atoms. The fourth-order valence-corrected chi connectivity index (χ4v) is 11.4. The lowest BCUT2D eigenvalue weighted by Gasteiger charge is -2.20. The number of allylic oxidation sites excluding steroid dienone is 5. The number of carbonyl (C=O) groups excluding carboxylic acids is 2. The Labute approximate surface area is 500 Å². The number of ether oxygens (including phenoxy) is 1. The van der Waals surface area contributed by atoms with Gasteiger partial charge in [-0.05, 0) is 57.8 Å². The van der Waals surface area contributed by atoms with Gasteiger partial charge in [0.15, 0.2) is 0 Å². The molecule has 0 aromatic rings. The summed E-state index contributed by atoms with van der Waals surface area (Å²) in [6.07, 6.45) is 89.4. The number of nitrogens with one attached hydrogen (secondary N) is 1. The van der Waals surface area contributed by atoms with E-state index in [0.29, 0.717) is 19.4 Å². The van der Waals surface area contributed by atoms with E-state index in [1.54, 1.807) is 6.08 Å². The highest BCUT2D eigenvalue weighted by molar-refractivity contribution is 5.76. The molecule has 0 rings (SSSR count). The second kappa shape index (κ2) is 69.6. The lowest BCUT2D eigenvalue weighted by atomic mass is 10.0. The zero-order valence-corrected chi connectivity index (χ0v) is 54.1. The molecule has 472 valence electrons. The molecule has 0 bridgehead atoms. The van der Waals surface area contributed by atoms with Crippen molar-refractivity contribution in [3.05, 3.63) is 36.5 Å². The van der Waals surface area contributed by atoms with Crippen LogP contribution in [0.3, 0.4) is 0 Å². The Hall–Kier alpha value is -1.92. The lowest BCUT2D eigenvalue weighted by Crippen LogP contribution is -2.45. The van der Waals surface area contributed by atoms with Crippen LogP contribution in [-0.2, 0) is 14.3 Å². The summed E-state index contributed by atoms with van der Waals surface area (Å²) in [6, 6.07) is -0.628. The van der Waals surface area contributed by atoms with Crippen LogP contribution < -0.4 is 5.32 Å². The predicted molar refractivity (Wildman–Crippen MR) is 352 cm³/mol. The van der Waals surface area contributed by atoms with Gasteiger partial charge >= 0.3 is 5.97 Å². The second-order valence-corrected chi connectivity index (χ2v) is 24.9. The van der Waals surface area contributed by atoms with E-state index in [0.717, 1.165) is 51.4 Å². The first-order valence-electron chi connectivity index (χ1n) is 36.3. The van der Waals surface area contributed by atoms with Gasteiger partial charge in [-0.3, -0.25) is 9.59 Å². The largest absolute Gasteiger partial charge is 0.466 e. The maximum Gasteiger partial charge on any atom is 0.305 e. The minimum atomic E-state index is -0.845. The number of aliphatic hydroxyl groups excluding tert-OH is 2. The van der Waals surface area contributed by atoms with Crippen molar-refractivity contribution in [1.82, 2.24) is 5.32 Å². The molecule has 2 unspecified atom stereocenters. The average Bonchev–Trinajstić information content (AvgIpc) is 3.46. The molecule has 0 aliphatic rings. The molecule has 0 fully saturated rings. The van der Waals surface area contributed by atoms with E-state index in [-0.39, 0.29) is 18.5 Å². The second-order valence-electron chi connectivity index (χ2n) is 24.9. The van der Waals surface area contributed by atoms with Gasteiger partial charge in [-0.25, -0.2) is 0 Å².